The van der Waals surface area contributed by atoms with Crippen molar-refractivity contribution in [2.45, 2.75) is 19.4 Å². The molecule has 4 rings (SSSR count). The van der Waals surface area contributed by atoms with Crippen molar-refractivity contribution in [3.8, 4) is 5.69 Å². The Morgan fingerprint density at radius 2 is 1.89 bits per heavy atom. The first kappa shape index (κ1) is 19.2. The Labute approximate surface area is 176 Å². The van der Waals surface area contributed by atoms with Crippen LogP contribution in [0.2, 0.25) is 15.1 Å². The summed E-state index contributed by atoms with van der Waals surface area (Å²) in [4.78, 5) is 14.5. The Kier molecular flexibility index (Phi) is 5.57. The first-order valence-electron chi connectivity index (χ1n) is 8.85. The van der Waals surface area contributed by atoms with Crippen LogP contribution in [0.1, 0.15) is 12.8 Å². The quantitative estimate of drug-likeness (QED) is 0.620. The molecule has 3 aromatic rings. The lowest BCUT2D eigenvalue weighted by molar-refractivity contribution is 0.339. The zero-order valence-corrected chi connectivity index (χ0v) is 17.1. The molecule has 0 atom stereocenters. The SMILES string of the molecule is O=c1c(Cl)c(Cl)cnn1-c1ccc(N2CCC(Cn3ccnn3)CC2)c(Cl)c1. The van der Waals surface area contributed by atoms with Gasteiger partial charge in [0.2, 0.25) is 0 Å². The van der Waals surface area contributed by atoms with E-state index in [2.05, 4.69) is 20.3 Å². The standard InChI is InChI=1S/C18H17Cl3N6O/c19-14-9-13(27-18(28)17(21)15(20)10-23-27)1-2-16(14)25-6-3-12(4-7-25)11-26-8-5-22-24-26/h1-2,5,8-10,12H,3-4,6-7,11H2. The van der Waals surface area contributed by atoms with E-state index in [1.807, 2.05) is 16.9 Å². The molecule has 1 fully saturated rings. The Morgan fingerprint density at radius 1 is 1.11 bits per heavy atom. The number of hydrogen-bond donors (Lipinski definition) is 0. The Morgan fingerprint density at radius 3 is 2.57 bits per heavy atom. The topological polar surface area (TPSA) is 68.8 Å². The van der Waals surface area contributed by atoms with Crippen molar-refractivity contribution in [1.29, 1.82) is 0 Å². The normalized spacial score (nSPS) is 15.2. The third-order valence-electron chi connectivity index (χ3n) is 4.92. The van der Waals surface area contributed by atoms with Gasteiger partial charge in [0.15, 0.2) is 0 Å². The van der Waals surface area contributed by atoms with Gasteiger partial charge >= 0.3 is 0 Å². The molecule has 0 radical (unpaired) electrons. The van der Waals surface area contributed by atoms with Crippen molar-refractivity contribution in [2.75, 3.05) is 18.0 Å². The molecule has 0 bridgehead atoms. The van der Waals surface area contributed by atoms with Gasteiger partial charge in [0.05, 0.1) is 33.8 Å². The maximum Gasteiger partial charge on any atom is 0.291 e. The molecule has 7 nitrogen and oxygen atoms in total. The van der Waals surface area contributed by atoms with Gasteiger partial charge in [-0.05, 0) is 37.0 Å². The van der Waals surface area contributed by atoms with Crippen molar-refractivity contribution in [3.05, 3.63) is 62.2 Å². The third-order valence-corrected chi connectivity index (χ3v) is 5.98. The summed E-state index contributed by atoms with van der Waals surface area (Å²) in [5, 5.41) is 12.6. The fourth-order valence-electron chi connectivity index (χ4n) is 3.43. The molecule has 28 heavy (non-hydrogen) atoms. The second-order valence-corrected chi connectivity index (χ2v) is 7.91. The van der Waals surface area contributed by atoms with E-state index in [-0.39, 0.29) is 10.0 Å². The molecule has 3 heterocycles. The predicted molar refractivity (Wildman–Crippen MR) is 110 cm³/mol. The summed E-state index contributed by atoms with van der Waals surface area (Å²) in [6.45, 7) is 2.69. The molecule has 0 unspecified atom stereocenters. The van der Waals surface area contributed by atoms with Crippen LogP contribution in [0.15, 0.2) is 41.6 Å². The molecule has 1 aliphatic rings. The van der Waals surface area contributed by atoms with E-state index in [4.69, 9.17) is 34.8 Å². The zero-order valence-electron chi connectivity index (χ0n) is 14.8. The van der Waals surface area contributed by atoms with E-state index in [9.17, 15) is 4.79 Å². The van der Waals surface area contributed by atoms with Gasteiger partial charge in [-0.3, -0.25) is 9.48 Å². The highest BCUT2D eigenvalue weighted by Gasteiger charge is 2.22. The van der Waals surface area contributed by atoms with Crippen LogP contribution in [0, 0.1) is 5.92 Å². The number of aromatic nitrogens is 5. The molecule has 1 aromatic carbocycles. The van der Waals surface area contributed by atoms with Gasteiger partial charge in [-0.15, -0.1) is 5.10 Å². The first-order valence-corrected chi connectivity index (χ1v) is 9.98. The number of rotatable bonds is 4. The van der Waals surface area contributed by atoms with Crippen LogP contribution in [0.3, 0.4) is 0 Å². The van der Waals surface area contributed by atoms with E-state index in [0.717, 1.165) is 38.2 Å². The van der Waals surface area contributed by atoms with Gasteiger partial charge in [-0.2, -0.15) is 9.78 Å². The maximum atomic E-state index is 12.3. The van der Waals surface area contributed by atoms with Gasteiger partial charge in [0.25, 0.3) is 5.56 Å². The zero-order chi connectivity index (χ0) is 19.7. The first-order chi connectivity index (χ1) is 13.5. The highest BCUT2D eigenvalue weighted by molar-refractivity contribution is 6.41. The van der Waals surface area contributed by atoms with Crippen molar-refractivity contribution >= 4 is 40.5 Å². The predicted octanol–water partition coefficient (Wildman–Crippen LogP) is 3.70. The molecule has 0 aliphatic carbocycles. The number of halogens is 3. The van der Waals surface area contributed by atoms with Gasteiger partial charge < -0.3 is 4.90 Å². The molecule has 0 amide bonds. The summed E-state index contributed by atoms with van der Waals surface area (Å²) in [6, 6.07) is 5.43. The largest absolute Gasteiger partial charge is 0.370 e. The minimum absolute atomic E-state index is 0.0636. The van der Waals surface area contributed by atoms with E-state index in [0.29, 0.717) is 16.6 Å². The summed E-state index contributed by atoms with van der Waals surface area (Å²) >= 11 is 18.3. The van der Waals surface area contributed by atoms with Crippen molar-refractivity contribution in [3.63, 3.8) is 0 Å². The highest BCUT2D eigenvalue weighted by Crippen LogP contribution is 2.31. The van der Waals surface area contributed by atoms with Gasteiger partial charge in [0, 0.05) is 25.8 Å². The number of benzene rings is 1. The minimum Gasteiger partial charge on any atom is -0.370 e. The van der Waals surface area contributed by atoms with Crippen LogP contribution in [0.25, 0.3) is 5.69 Å². The maximum absolute atomic E-state index is 12.3. The molecule has 0 saturated carbocycles. The third kappa shape index (κ3) is 3.87. The van der Waals surface area contributed by atoms with Crippen LogP contribution in [-0.2, 0) is 6.54 Å². The Hall–Kier alpha value is -2.09. The van der Waals surface area contributed by atoms with E-state index in [1.54, 1.807) is 18.3 Å². The lowest BCUT2D eigenvalue weighted by Gasteiger charge is -2.34. The summed E-state index contributed by atoms with van der Waals surface area (Å²) in [5.74, 6) is 0.565. The van der Waals surface area contributed by atoms with Gasteiger partial charge in [-0.25, -0.2) is 0 Å². The summed E-state index contributed by atoms with van der Waals surface area (Å²) in [5.41, 5.74) is 1.00. The van der Waals surface area contributed by atoms with Crippen LogP contribution < -0.4 is 10.5 Å². The molecule has 2 aromatic heterocycles. The second-order valence-electron chi connectivity index (χ2n) is 6.71. The van der Waals surface area contributed by atoms with Crippen molar-refractivity contribution in [1.82, 2.24) is 24.8 Å². The van der Waals surface area contributed by atoms with Gasteiger partial charge in [0.1, 0.15) is 5.02 Å². The fraction of sp³-hybridized carbons (Fsp3) is 0.333. The molecular formula is C18H17Cl3N6O. The fourth-order valence-corrected chi connectivity index (χ4v) is 3.98. The van der Waals surface area contributed by atoms with Gasteiger partial charge in [-0.1, -0.05) is 40.0 Å². The van der Waals surface area contributed by atoms with E-state index in [1.165, 1.54) is 10.9 Å². The Bertz CT molecular complexity index is 1030. The molecule has 10 heteroatoms. The summed E-state index contributed by atoms with van der Waals surface area (Å²) in [7, 11) is 0. The molecule has 146 valence electrons. The monoisotopic (exact) mass is 438 g/mol. The average Bonchev–Trinajstić information content (AvgIpc) is 3.20. The summed E-state index contributed by atoms with van der Waals surface area (Å²) in [6.07, 6.45) is 7.02. The van der Waals surface area contributed by atoms with Crippen LogP contribution in [-0.4, -0.2) is 37.9 Å². The smallest absolute Gasteiger partial charge is 0.291 e. The second kappa shape index (κ2) is 8.11. The molecule has 0 N–H and O–H groups in total. The number of hydrogen-bond acceptors (Lipinski definition) is 5. The number of anilines is 1. The van der Waals surface area contributed by atoms with Crippen molar-refractivity contribution in [2.24, 2.45) is 5.92 Å². The Balaban J connectivity index is 1.48. The minimum atomic E-state index is -0.480. The van der Waals surface area contributed by atoms with E-state index >= 15 is 0 Å². The molecule has 1 saturated heterocycles. The van der Waals surface area contributed by atoms with Crippen LogP contribution in [0.4, 0.5) is 5.69 Å². The average molecular weight is 440 g/mol. The lowest BCUT2D eigenvalue weighted by atomic mass is 9.96. The highest BCUT2D eigenvalue weighted by atomic mass is 35.5. The summed E-state index contributed by atoms with van der Waals surface area (Å²) < 4.78 is 3.07. The molecular weight excluding hydrogens is 423 g/mol. The van der Waals surface area contributed by atoms with Crippen molar-refractivity contribution < 1.29 is 0 Å². The molecule has 1 aliphatic heterocycles. The lowest BCUT2D eigenvalue weighted by Crippen LogP contribution is -2.35. The van der Waals surface area contributed by atoms with Crippen LogP contribution in [0.5, 0.6) is 0 Å². The number of nitrogens with zero attached hydrogens (tertiary/aromatic N) is 6. The van der Waals surface area contributed by atoms with Crippen LogP contribution >= 0.6 is 34.8 Å². The molecule has 0 spiro atoms. The van der Waals surface area contributed by atoms with E-state index < -0.39 is 5.56 Å². The number of piperidine rings is 1.